The van der Waals surface area contributed by atoms with Crippen LogP contribution in [0.5, 0.6) is 0 Å². The van der Waals surface area contributed by atoms with Crippen molar-refractivity contribution in [1.82, 2.24) is 0 Å². The first-order valence-electron chi connectivity index (χ1n) is 5.61. The van der Waals surface area contributed by atoms with Crippen LogP contribution in [0.2, 0.25) is 0 Å². The quantitative estimate of drug-likeness (QED) is 0.541. The van der Waals surface area contributed by atoms with Crippen LogP contribution in [0.3, 0.4) is 0 Å². The van der Waals surface area contributed by atoms with Gasteiger partial charge in [0.25, 0.3) is 0 Å². The van der Waals surface area contributed by atoms with Crippen LogP contribution in [0.1, 0.15) is 32.6 Å². The van der Waals surface area contributed by atoms with Crippen molar-refractivity contribution in [2.24, 2.45) is 5.92 Å². The van der Waals surface area contributed by atoms with Gasteiger partial charge in [-0.15, -0.1) is 11.6 Å². The topological polar surface area (TPSA) is 35.5 Å². The van der Waals surface area contributed by atoms with Gasteiger partial charge < -0.3 is 9.47 Å². The van der Waals surface area contributed by atoms with Crippen molar-refractivity contribution in [1.29, 1.82) is 0 Å². The Hall–Kier alpha value is -0.280. The third-order valence-corrected chi connectivity index (χ3v) is 3.21. The van der Waals surface area contributed by atoms with E-state index < -0.39 is 0 Å². The van der Waals surface area contributed by atoms with Crippen LogP contribution in [0.4, 0.5) is 0 Å². The van der Waals surface area contributed by atoms with E-state index in [-0.39, 0.29) is 11.3 Å². The van der Waals surface area contributed by atoms with Gasteiger partial charge in [-0.3, -0.25) is 4.79 Å². The second kappa shape index (κ2) is 7.07. The molecule has 15 heavy (non-hydrogen) atoms. The highest BCUT2D eigenvalue weighted by Crippen LogP contribution is 2.24. The highest BCUT2D eigenvalue weighted by Gasteiger charge is 2.22. The average Bonchev–Trinajstić information content (AvgIpc) is 2.27. The van der Waals surface area contributed by atoms with E-state index in [9.17, 15) is 4.79 Å². The fourth-order valence-electron chi connectivity index (χ4n) is 1.78. The van der Waals surface area contributed by atoms with Crippen LogP contribution < -0.4 is 0 Å². The molecule has 1 aliphatic heterocycles. The van der Waals surface area contributed by atoms with Gasteiger partial charge >= 0.3 is 5.97 Å². The van der Waals surface area contributed by atoms with E-state index in [2.05, 4.69) is 0 Å². The SMILES string of the molecule is CCOC(=O)CCC(Cl)C1CCCOC1. The summed E-state index contributed by atoms with van der Waals surface area (Å²) >= 11 is 6.22. The van der Waals surface area contributed by atoms with E-state index in [1.807, 2.05) is 6.92 Å². The zero-order valence-corrected chi connectivity index (χ0v) is 9.96. The smallest absolute Gasteiger partial charge is 0.305 e. The summed E-state index contributed by atoms with van der Waals surface area (Å²) in [7, 11) is 0. The van der Waals surface area contributed by atoms with Gasteiger partial charge in [0, 0.05) is 18.4 Å². The molecule has 2 unspecified atom stereocenters. The molecule has 1 fully saturated rings. The summed E-state index contributed by atoms with van der Waals surface area (Å²) < 4.78 is 10.2. The monoisotopic (exact) mass is 234 g/mol. The van der Waals surface area contributed by atoms with Crippen LogP contribution >= 0.6 is 11.6 Å². The van der Waals surface area contributed by atoms with Crippen molar-refractivity contribution in [2.75, 3.05) is 19.8 Å². The number of esters is 1. The third kappa shape index (κ3) is 4.85. The molecule has 0 N–H and O–H groups in total. The first-order chi connectivity index (χ1) is 7.24. The number of hydrogen-bond acceptors (Lipinski definition) is 3. The number of carbonyl (C=O) groups excluding carboxylic acids is 1. The Morgan fingerprint density at radius 1 is 1.67 bits per heavy atom. The van der Waals surface area contributed by atoms with E-state index in [4.69, 9.17) is 21.1 Å². The third-order valence-electron chi connectivity index (χ3n) is 2.64. The summed E-state index contributed by atoms with van der Waals surface area (Å²) in [5, 5.41) is 0.0368. The largest absolute Gasteiger partial charge is 0.466 e. The molecule has 4 heteroatoms. The minimum atomic E-state index is -0.153. The molecule has 0 amide bonds. The molecule has 0 aliphatic carbocycles. The van der Waals surface area contributed by atoms with Crippen molar-refractivity contribution in [3.05, 3.63) is 0 Å². The van der Waals surface area contributed by atoms with Gasteiger partial charge in [-0.25, -0.2) is 0 Å². The molecule has 1 aliphatic rings. The minimum absolute atomic E-state index is 0.0368. The first kappa shape index (κ1) is 12.8. The lowest BCUT2D eigenvalue weighted by molar-refractivity contribution is -0.143. The van der Waals surface area contributed by atoms with E-state index >= 15 is 0 Å². The lowest BCUT2D eigenvalue weighted by atomic mass is 9.95. The first-order valence-corrected chi connectivity index (χ1v) is 6.05. The Labute approximate surface area is 96.1 Å². The second-order valence-electron chi connectivity index (χ2n) is 3.84. The predicted octanol–water partition coefficient (Wildman–Crippen LogP) is 2.36. The number of ether oxygens (including phenoxy) is 2. The second-order valence-corrected chi connectivity index (χ2v) is 4.40. The molecule has 3 nitrogen and oxygen atoms in total. The summed E-state index contributed by atoms with van der Waals surface area (Å²) in [5.41, 5.74) is 0. The molecule has 0 saturated carbocycles. The van der Waals surface area contributed by atoms with Crippen LogP contribution in [-0.4, -0.2) is 31.2 Å². The van der Waals surface area contributed by atoms with Gasteiger partial charge in [0.05, 0.1) is 13.2 Å². The van der Waals surface area contributed by atoms with E-state index in [0.29, 0.717) is 25.4 Å². The molecule has 88 valence electrons. The fourth-order valence-corrected chi connectivity index (χ4v) is 2.08. The normalized spacial score (nSPS) is 23.5. The minimum Gasteiger partial charge on any atom is -0.466 e. The number of halogens is 1. The molecule has 1 saturated heterocycles. The fraction of sp³-hybridized carbons (Fsp3) is 0.909. The zero-order valence-electron chi connectivity index (χ0n) is 9.21. The molecule has 0 aromatic carbocycles. The molecule has 2 atom stereocenters. The lowest BCUT2D eigenvalue weighted by Gasteiger charge is -2.25. The Bertz CT molecular complexity index is 190. The van der Waals surface area contributed by atoms with Crippen LogP contribution in [0, 0.1) is 5.92 Å². The number of alkyl halides is 1. The van der Waals surface area contributed by atoms with E-state index in [0.717, 1.165) is 26.1 Å². The van der Waals surface area contributed by atoms with Crippen molar-refractivity contribution in [3.63, 3.8) is 0 Å². The number of hydrogen-bond donors (Lipinski definition) is 0. The molecule has 0 radical (unpaired) electrons. The highest BCUT2D eigenvalue weighted by molar-refractivity contribution is 6.20. The molecule has 0 aromatic heterocycles. The summed E-state index contributed by atoms with van der Waals surface area (Å²) in [6.45, 7) is 3.83. The summed E-state index contributed by atoms with van der Waals surface area (Å²) in [6, 6.07) is 0. The predicted molar refractivity (Wildman–Crippen MR) is 59.1 cm³/mol. The highest BCUT2D eigenvalue weighted by atomic mass is 35.5. The number of rotatable bonds is 5. The molecular weight excluding hydrogens is 216 g/mol. The maximum atomic E-state index is 11.1. The Balaban J connectivity index is 2.16. The standard InChI is InChI=1S/C11H19ClO3/c1-2-15-11(13)6-5-10(12)9-4-3-7-14-8-9/h9-10H,2-8H2,1H3. The van der Waals surface area contributed by atoms with Gasteiger partial charge in [-0.05, 0) is 32.1 Å². The number of carbonyl (C=O) groups is 1. The van der Waals surface area contributed by atoms with Crippen LogP contribution in [0.25, 0.3) is 0 Å². The van der Waals surface area contributed by atoms with Crippen LogP contribution in [0.15, 0.2) is 0 Å². The summed E-state index contributed by atoms with van der Waals surface area (Å²) in [5.74, 6) is 0.245. The Kier molecular flexibility index (Phi) is 6.03. The van der Waals surface area contributed by atoms with E-state index in [1.165, 1.54) is 0 Å². The van der Waals surface area contributed by atoms with E-state index in [1.54, 1.807) is 0 Å². The Morgan fingerprint density at radius 3 is 3.07 bits per heavy atom. The molecule has 0 aromatic rings. The van der Waals surface area contributed by atoms with Gasteiger partial charge in [0.1, 0.15) is 0 Å². The zero-order chi connectivity index (χ0) is 11.1. The van der Waals surface area contributed by atoms with Gasteiger partial charge in [-0.1, -0.05) is 0 Å². The Morgan fingerprint density at radius 2 is 2.47 bits per heavy atom. The maximum Gasteiger partial charge on any atom is 0.305 e. The summed E-state index contributed by atoms with van der Waals surface area (Å²) in [4.78, 5) is 11.1. The summed E-state index contributed by atoms with van der Waals surface area (Å²) in [6.07, 6.45) is 3.29. The van der Waals surface area contributed by atoms with Crippen molar-refractivity contribution in [2.45, 2.75) is 38.0 Å². The molecular formula is C11H19ClO3. The molecule has 1 heterocycles. The molecule has 0 spiro atoms. The van der Waals surface area contributed by atoms with Crippen molar-refractivity contribution < 1.29 is 14.3 Å². The van der Waals surface area contributed by atoms with Crippen LogP contribution in [-0.2, 0) is 14.3 Å². The van der Waals surface area contributed by atoms with Gasteiger partial charge in [0.2, 0.25) is 0 Å². The van der Waals surface area contributed by atoms with Crippen molar-refractivity contribution >= 4 is 17.6 Å². The van der Waals surface area contributed by atoms with Crippen molar-refractivity contribution in [3.8, 4) is 0 Å². The maximum absolute atomic E-state index is 11.1. The lowest BCUT2D eigenvalue weighted by Crippen LogP contribution is -2.26. The molecule has 0 bridgehead atoms. The average molecular weight is 235 g/mol. The van der Waals surface area contributed by atoms with Gasteiger partial charge in [0.15, 0.2) is 0 Å². The van der Waals surface area contributed by atoms with Gasteiger partial charge in [-0.2, -0.15) is 0 Å². The molecule has 1 rings (SSSR count).